The zero-order chi connectivity index (χ0) is 15.6. The molecule has 22 heavy (non-hydrogen) atoms. The predicted octanol–water partition coefficient (Wildman–Crippen LogP) is 2.92. The molecule has 1 aromatic carbocycles. The summed E-state index contributed by atoms with van der Waals surface area (Å²) in [5, 5.41) is 8.12. The molecule has 2 N–H and O–H groups in total. The maximum absolute atomic E-state index is 5.85. The van der Waals surface area contributed by atoms with Crippen LogP contribution in [0.1, 0.15) is 18.4 Å². The van der Waals surface area contributed by atoms with Crippen LogP contribution in [0, 0.1) is 0 Å². The van der Waals surface area contributed by atoms with Crippen LogP contribution in [0.15, 0.2) is 29.3 Å². The highest BCUT2D eigenvalue weighted by Crippen LogP contribution is 2.25. The molecule has 1 aliphatic rings. The minimum Gasteiger partial charge on any atom is -0.375 e. The molecule has 0 spiro atoms. The second-order valence-electron chi connectivity index (χ2n) is 5.19. The summed E-state index contributed by atoms with van der Waals surface area (Å²) in [5.74, 6) is 2.14. The van der Waals surface area contributed by atoms with Crippen molar-refractivity contribution in [2.45, 2.75) is 24.7 Å². The monoisotopic (exact) mass is 341 g/mol. The molecule has 6 heteroatoms. The average molecular weight is 342 g/mol. The summed E-state index contributed by atoms with van der Waals surface area (Å²) >= 11 is 7.90. The smallest absolute Gasteiger partial charge is 0.191 e. The largest absolute Gasteiger partial charge is 0.375 e. The van der Waals surface area contributed by atoms with Gasteiger partial charge >= 0.3 is 0 Å². The summed E-state index contributed by atoms with van der Waals surface area (Å²) in [6.45, 7) is 2.96. The quantitative estimate of drug-likeness (QED) is 0.455. The molecule has 0 aliphatic carbocycles. The Morgan fingerprint density at radius 3 is 2.86 bits per heavy atom. The van der Waals surface area contributed by atoms with E-state index in [9.17, 15) is 0 Å². The van der Waals surface area contributed by atoms with Gasteiger partial charge in [0.1, 0.15) is 0 Å². The lowest BCUT2D eigenvalue weighted by atomic mass is 10.2. The topological polar surface area (TPSA) is 45.7 Å². The Bertz CT molecular complexity index is 461. The van der Waals surface area contributed by atoms with E-state index in [0.717, 1.165) is 34.9 Å². The minimum atomic E-state index is 0.601. The number of nitrogens with one attached hydrogen (secondary N) is 2. The van der Waals surface area contributed by atoms with Gasteiger partial charge < -0.3 is 15.4 Å². The van der Waals surface area contributed by atoms with Crippen molar-refractivity contribution in [1.82, 2.24) is 10.6 Å². The van der Waals surface area contributed by atoms with Gasteiger partial charge in [-0.15, -0.1) is 0 Å². The first-order valence-electron chi connectivity index (χ1n) is 7.66. The fourth-order valence-electron chi connectivity index (χ4n) is 2.25. The molecule has 1 saturated heterocycles. The molecule has 0 amide bonds. The van der Waals surface area contributed by atoms with Crippen LogP contribution < -0.4 is 10.6 Å². The van der Waals surface area contributed by atoms with Gasteiger partial charge in [-0.1, -0.05) is 23.7 Å². The highest BCUT2D eigenvalue weighted by molar-refractivity contribution is 8.00. The number of ether oxygens (including phenoxy) is 1. The molecular weight excluding hydrogens is 318 g/mol. The molecule has 122 valence electrons. The first-order chi connectivity index (χ1) is 10.8. The van der Waals surface area contributed by atoms with E-state index in [1.165, 1.54) is 18.6 Å². The third-order valence-electron chi connectivity index (χ3n) is 3.47. The van der Waals surface area contributed by atoms with Gasteiger partial charge in [0.15, 0.2) is 5.96 Å². The number of rotatable bonds is 7. The molecule has 1 fully saturated rings. The summed E-state index contributed by atoms with van der Waals surface area (Å²) in [6, 6.07) is 7.72. The number of hydrogen-bond acceptors (Lipinski definition) is 3. The zero-order valence-electron chi connectivity index (χ0n) is 13.0. The molecule has 4 nitrogen and oxygen atoms in total. The molecule has 1 unspecified atom stereocenters. The maximum atomic E-state index is 5.85. The maximum Gasteiger partial charge on any atom is 0.191 e. The lowest BCUT2D eigenvalue weighted by molar-refractivity contribution is 0.125. The highest BCUT2D eigenvalue weighted by atomic mass is 35.5. The van der Waals surface area contributed by atoms with Gasteiger partial charge in [0.25, 0.3) is 0 Å². The molecular formula is C16H24ClN3OS. The standard InChI is InChI=1S/C16H24ClN3OS/c1-18-16(20-11-15-3-2-10-22-15)19-8-9-21-12-13-4-6-14(17)7-5-13/h4-7,15H,2-3,8-12H2,1H3,(H2,18,19,20). The van der Waals surface area contributed by atoms with E-state index in [-0.39, 0.29) is 0 Å². The Kier molecular flexibility index (Phi) is 7.91. The Morgan fingerprint density at radius 1 is 1.36 bits per heavy atom. The van der Waals surface area contributed by atoms with Crippen LogP contribution >= 0.6 is 23.4 Å². The SMILES string of the molecule is CN=C(NCCOCc1ccc(Cl)cc1)NCC1CCCS1. The van der Waals surface area contributed by atoms with Crippen LogP contribution in [-0.2, 0) is 11.3 Å². The van der Waals surface area contributed by atoms with Crippen LogP contribution in [0.4, 0.5) is 0 Å². The van der Waals surface area contributed by atoms with Crippen molar-refractivity contribution in [3.05, 3.63) is 34.9 Å². The summed E-state index contributed by atoms with van der Waals surface area (Å²) in [7, 11) is 1.80. The van der Waals surface area contributed by atoms with Gasteiger partial charge in [0.2, 0.25) is 0 Å². The van der Waals surface area contributed by atoms with E-state index in [1.807, 2.05) is 36.0 Å². The van der Waals surface area contributed by atoms with E-state index in [0.29, 0.717) is 13.2 Å². The van der Waals surface area contributed by atoms with Crippen molar-refractivity contribution >= 4 is 29.3 Å². The number of nitrogens with zero attached hydrogens (tertiary/aromatic N) is 1. The number of guanidine groups is 1. The van der Waals surface area contributed by atoms with E-state index >= 15 is 0 Å². The lowest BCUT2D eigenvalue weighted by Crippen LogP contribution is -2.41. The lowest BCUT2D eigenvalue weighted by Gasteiger charge is -2.14. The summed E-state index contributed by atoms with van der Waals surface area (Å²) in [6.07, 6.45) is 2.64. The molecule has 1 heterocycles. The Morgan fingerprint density at radius 2 is 2.18 bits per heavy atom. The van der Waals surface area contributed by atoms with Gasteiger partial charge in [-0.05, 0) is 36.3 Å². The van der Waals surface area contributed by atoms with Crippen LogP contribution in [-0.4, -0.2) is 43.7 Å². The number of hydrogen-bond donors (Lipinski definition) is 2. The van der Waals surface area contributed by atoms with Crippen LogP contribution in [0.3, 0.4) is 0 Å². The Balaban J connectivity index is 1.55. The molecule has 1 atom stereocenters. The highest BCUT2D eigenvalue weighted by Gasteiger charge is 2.15. The van der Waals surface area contributed by atoms with Crippen LogP contribution in [0.25, 0.3) is 0 Å². The second kappa shape index (κ2) is 9.98. The second-order valence-corrected chi connectivity index (χ2v) is 7.04. The van der Waals surface area contributed by atoms with Crippen molar-refractivity contribution in [3.8, 4) is 0 Å². The van der Waals surface area contributed by atoms with Gasteiger partial charge in [0.05, 0.1) is 13.2 Å². The van der Waals surface area contributed by atoms with Crippen molar-refractivity contribution in [3.63, 3.8) is 0 Å². The number of thioether (sulfide) groups is 1. The van der Waals surface area contributed by atoms with Gasteiger partial charge in [0, 0.05) is 30.4 Å². The number of halogens is 1. The molecule has 2 rings (SSSR count). The van der Waals surface area contributed by atoms with Crippen molar-refractivity contribution in [2.24, 2.45) is 4.99 Å². The third-order valence-corrected chi connectivity index (χ3v) is 5.12. The fraction of sp³-hybridized carbons (Fsp3) is 0.562. The molecule has 0 aromatic heterocycles. The van der Waals surface area contributed by atoms with E-state index in [4.69, 9.17) is 16.3 Å². The molecule has 0 bridgehead atoms. The molecule has 0 saturated carbocycles. The first-order valence-corrected chi connectivity index (χ1v) is 9.09. The summed E-state index contributed by atoms with van der Waals surface area (Å²) in [4.78, 5) is 4.23. The molecule has 1 aromatic rings. The van der Waals surface area contributed by atoms with Crippen LogP contribution in [0.5, 0.6) is 0 Å². The average Bonchev–Trinajstić information content (AvgIpc) is 3.05. The van der Waals surface area contributed by atoms with Crippen molar-refractivity contribution in [2.75, 3.05) is 32.5 Å². The predicted molar refractivity (Wildman–Crippen MR) is 96.0 cm³/mol. The van der Waals surface area contributed by atoms with Crippen molar-refractivity contribution < 1.29 is 4.74 Å². The zero-order valence-corrected chi connectivity index (χ0v) is 14.6. The molecule has 1 aliphatic heterocycles. The number of aliphatic imine (C=N–C) groups is 1. The van der Waals surface area contributed by atoms with Gasteiger partial charge in [-0.2, -0.15) is 11.8 Å². The van der Waals surface area contributed by atoms with Gasteiger partial charge in [-0.25, -0.2) is 0 Å². The number of benzene rings is 1. The van der Waals surface area contributed by atoms with Crippen molar-refractivity contribution in [1.29, 1.82) is 0 Å². The van der Waals surface area contributed by atoms with E-state index < -0.39 is 0 Å². The normalized spacial score (nSPS) is 18.5. The van der Waals surface area contributed by atoms with Crippen LogP contribution in [0.2, 0.25) is 5.02 Å². The van der Waals surface area contributed by atoms with E-state index in [2.05, 4.69) is 15.6 Å². The summed E-state index contributed by atoms with van der Waals surface area (Å²) in [5.41, 5.74) is 1.13. The summed E-state index contributed by atoms with van der Waals surface area (Å²) < 4.78 is 5.64. The van der Waals surface area contributed by atoms with E-state index in [1.54, 1.807) is 7.05 Å². The Hall–Kier alpha value is -0.910. The Labute approximate surface area is 142 Å². The van der Waals surface area contributed by atoms with Gasteiger partial charge in [-0.3, -0.25) is 4.99 Å². The third kappa shape index (κ3) is 6.46. The minimum absolute atomic E-state index is 0.601. The molecule has 0 radical (unpaired) electrons. The fourth-order valence-corrected chi connectivity index (χ4v) is 3.58. The first kappa shape index (κ1) is 17.4.